The van der Waals surface area contributed by atoms with E-state index in [1.165, 1.54) is 0 Å². The Hall–Kier alpha value is -0.220. The van der Waals surface area contributed by atoms with Gasteiger partial charge in [-0.3, -0.25) is 4.79 Å². The first-order valence-corrected chi connectivity index (χ1v) is 7.90. The molecule has 1 amide bonds. The Morgan fingerprint density at radius 1 is 1.47 bits per heavy atom. The van der Waals surface area contributed by atoms with Crippen molar-refractivity contribution in [1.82, 2.24) is 10.6 Å². The Morgan fingerprint density at radius 2 is 2.18 bits per heavy atom. The minimum atomic E-state index is -0.181. The molecular weight excluding hydrogens is 232 g/mol. The van der Waals surface area contributed by atoms with Crippen LogP contribution >= 0.6 is 11.8 Å². The van der Waals surface area contributed by atoms with Gasteiger partial charge in [0.05, 0.1) is 5.41 Å². The maximum atomic E-state index is 12.4. The third-order valence-electron chi connectivity index (χ3n) is 3.81. The van der Waals surface area contributed by atoms with Gasteiger partial charge in [-0.15, -0.1) is 0 Å². The van der Waals surface area contributed by atoms with Crippen molar-refractivity contribution < 1.29 is 4.79 Å². The van der Waals surface area contributed by atoms with E-state index in [1.807, 2.05) is 11.8 Å². The summed E-state index contributed by atoms with van der Waals surface area (Å²) in [5.74, 6) is 2.29. The molecule has 0 aromatic carbocycles. The standard InChI is InChI=1S/C13H26N2OS/c1-10(2)13(5-6-14-9-13)12(16)15-7-11(3)8-17-4/h10-11,14H,5-9H2,1-4H3,(H,15,16). The molecule has 4 heteroatoms. The van der Waals surface area contributed by atoms with Crippen molar-refractivity contribution in [3.8, 4) is 0 Å². The fourth-order valence-electron chi connectivity index (χ4n) is 2.45. The van der Waals surface area contributed by atoms with Gasteiger partial charge >= 0.3 is 0 Å². The molecule has 2 unspecified atom stereocenters. The van der Waals surface area contributed by atoms with Crippen LogP contribution in [-0.2, 0) is 4.79 Å². The highest BCUT2D eigenvalue weighted by Gasteiger charge is 2.43. The molecule has 0 aromatic rings. The molecule has 1 aliphatic rings. The van der Waals surface area contributed by atoms with Gasteiger partial charge < -0.3 is 10.6 Å². The van der Waals surface area contributed by atoms with E-state index in [0.717, 1.165) is 31.8 Å². The topological polar surface area (TPSA) is 41.1 Å². The van der Waals surface area contributed by atoms with Crippen molar-refractivity contribution >= 4 is 17.7 Å². The summed E-state index contributed by atoms with van der Waals surface area (Å²) in [6, 6.07) is 0. The number of carbonyl (C=O) groups is 1. The SMILES string of the molecule is CSCC(C)CNC(=O)C1(C(C)C)CCNC1. The van der Waals surface area contributed by atoms with Crippen molar-refractivity contribution in [2.24, 2.45) is 17.3 Å². The van der Waals surface area contributed by atoms with Gasteiger partial charge in [0.1, 0.15) is 0 Å². The Balaban J connectivity index is 2.49. The zero-order chi connectivity index (χ0) is 12.9. The fourth-order valence-corrected chi connectivity index (χ4v) is 3.13. The van der Waals surface area contributed by atoms with Gasteiger partial charge in [0.15, 0.2) is 0 Å². The average molecular weight is 258 g/mol. The van der Waals surface area contributed by atoms with Crippen LogP contribution in [0.3, 0.4) is 0 Å². The molecule has 0 spiro atoms. The summed E-state index contributed by atoms with van der Waals surface area (Å²) in [5.41, 5.74) is -0.181. The lowest BCUT2D eigenvalue weighted by Crippen LogP contribution is -2.47. The van der Waals surface area contributed by atoms with E-state index >= 15 is 0 Å². The zero-order valence-corrected chi connectivity index (χ0v) is 12.3. The van der Waals surface area contributed by atoms with E-state index in [1.54, 1.807) is 0 Å². The van der Waals surface area contributed by atoms with Crippen molar-refractivity contribution in [1.29, 1.82) is 0 Å². The molecule has 100 valence electrons. The van der Waals surface area contributed by atoms with Gasteiger partial charge in [-0.2, -0.15) is 11.8 Å². The molecule has 2 N–H and O–H groups in total. The van der Waals surface area contributed by atoms with Crippen LogP contribution in [0.5, 0.6) is 0 Å². The van der Waals surface area contributed by atoms with Crippen molar-refractivity contribution in [3.05, 3.63) is 0 Å². The van der Waals surface area contributed by atoms with E-state index < -0.39 is 0 Å². The Morgan fingerprint density at radius 3 is 2.65 bits per heavy atom. The van der Waals surface area contributed by atoms with E-state index in [4.69, 9.17) is 0 Å². The van der Waals surface area contributed by atoms with Gasteiger partial charge in [-0.25, -0.2) is 0 Å². The van der Waals surface area contributed by atoms with E-state index in [9.17, 15) is 4.79 Å². The van der Waals surface area contributed by atoms with Crippen LogP contribution in [0, 0.1) is 17.3 Å². The maximum Gasteiger partial charge on any atom is 0.227 e. The maximum absolute atomic E-state index is 12.4. The third-order valence-corrected chi connectivity index (χ3v) is 4.71. The second kappa shape index (κ2) is 6.64. The van der Waals surface area contributed by atoms with Gasteiger partial charge in [0.25, 0.3) is 0 Å². The van der Waals surface area contributed by atoms with Gasteiger partial charge in [0.2, 0.25) is 5.91 Å². The molecule has 0 saturated carbocycles. The molecule has 1 rings (SSSR count). The molecule has 17 heavy (non-hydrogen) atoms. The van der Waals surface area contributed by atoms with E-state index in [-0.39, 0.29) is 11.3 Å². The first-order chi connectivity index (χ1) is 8.03. The molecule has 0 aromatic heterocycles. The number of thioether (sulfide) groups is 1. The predicted molar refractivity (Wildman–Crippen MR) is 75.3 cm³/mol. The summed E-state index contributed by atoms with van der Waals surface area (Å²) in [6.07, 6.45) is 3.07. The van der Waals surface area contributed by atoms with Crippen molar-refractivity contribution in [2.45, 2.75) is 27.2 Å². The summed E-state index contributed by atoms with van der Waals surface area (Å²) in [4.78, 5) is 12.4. The highest BCUT2D eigenvalue weighted by molar-refractivity contribution is 7.98. The van der Waals surface area contributed by atoms with Gasteiger partial charge in [0, 0.05) is 13.1 Å². The largest absolute Gasteiger partial charge is 0.355 e. The number of carbonyl (C=O) groups excluding carboxylic acids is 1. The second-order valence-electron chi connectivity index (χ2n) is 5.51. The highest BCUT2D eigenvalue weighted by atomic mass is 32.2. The highest BCUT2D eigenvalue weighted by Crippen LogP contribution is 2.34. The zero-order valence-electron chi connectivity index (χ0n) is 11.5. The summed E-state index contributed by atoms with van der Waals surface area (Å²) < 4.78 is 0. The van der Waals surface area contributed by atoms with Crippen LogP contribution in [-0.4, -0.2) is 37.6 Å². The Bertz CT molecular complexity index is 250. The second-order valence-corrected chi connectivity index (χ2v) is 6.42. The molecule has 0 radical (unpaired) electrons. The van der Waals surface area contributed by atoms with Gasteiger partial charge in [-0.05, 0) is 36.8 Å². The summed E-state index contributed by atoms with van der Waals surface area (Å²) in [6.45, 7) is 9.08. The number of nitrogens with one attached hydrogen (secondary N) is 2. The average Bonchev–Trinajstić information content (AvgIpc) is 2.76. The molecule has 2 atom stereocenters. The van der Waals surface area contributed by atoms with Crippen molar-refractivity contribution in [2.75, 3.05) is 31.6 Å². The third kappa shape index (κ3) is 3.62. The number of rotatable bonds is 6. The predicted octanol–water partition coefficient (Wildman–Crippen LogP) is 1.74. The fraction of sp³-hybridized carbons (Fsp3) is 0.923. The van der Waals surface area contributed by atoms with Crippen LogP contribution in [0.25, 0.3) is 0 Å². The monoisotopic (exact) mass is 258 g/mol. The molecule has 0 aliphatic carbocycles. The molecule has 1 aliphatic heterocycles. The lowest BCUT2D eigenvalue weighted by Gasteiger charge is -2.31. The molecule has 0 bridgehead atoms. The molecule has 1 heterocycles. The number of hydrogen-bond donors (Lipinski definition) is 2. The lowest BCUT2D eigenvalue weighted by atomic mass is 9.75. The smallest absolute Gasteiger partial charge is 0.227 e. The molecular formula is C13H26N2OS. The summed E-state index contributed by atoms with van der Waals surface area (Å²) >= 11 is 1.84. The number of hydrogen-bond acceptors (Lipinski definition) is 3. The lowest BCUT2D eigenvalue weighted by molar-refractivity contribution is -0.132. The molecule has 1 saturated heterocycles. The first-order valence-electron chi connectivity index (χ1n) is 6.51. The van der Waals surface area contributed by atoms with Crippen molar-refractivity contribution in [3.63, 3.8) is 0 Å². The van der Waals surface area contributed by atoms with E-state index in [2.05, 4.69) is 37.7 Å². The molecule has 1 fully saturated rings. The van der Waals surface area contributed by atoms with Crippen LogP contribution in [0.4, 0.5) is 0 Å². The Kier molecular flexibility index (Phi) is 5.80. The van der Waals surface area contributed by atoms with Crippen LogP contribution < -0.4 is 10.6 Å². The minimum Gasteiger partial charge on any atom is -0.355 e. The quantitative estimate of drug-likeness (QED) is 0.762. The minimum absolute atomic E-state index is 0.181. The summed E-state index contributed by atoms with van der Waals surface area (Å²) in [5, 5.41) is 6.46. The van der Waals surface area contributed by atoms with Gasteiger partial charge in [-0.1, -0.05) is 20.8 Å². The molecule has 3 nitrogen and oxygen atoms in total. The van der Waals surface area contributed by atoms with Crippen LogP contribution in [0.2, 0.25) is 0 Å². The summed E-state index contributed by atoms with van der Waals surface area (Å²) in [7, 11) is 0. The first kappa shape index (κ1) is 14.8. The van der Waals surface area contributed by atoms with E-state index in [0.29, 0.717) is 11.8 Å². The number of amides is 1. The normalized spacial score (nSPS) is 26.2. The Labute approximate surface area is 109 Å². The van der Waals surface area contributed by atoms with Crippen LogP contribution in [0.15, 0.2) is 0 Å². The van der Waals surface area contributed by atoms with Crippen LogP contribution in [0.1, 0.15) is 27.2 Å².